The molecule has 3 aromatic rings. The Morgan fingerprint density at radius 1 is 0.934 bits per heavy atom. The highest BCUT2D eigenvalue weighted by Gasteiger charge is 2.47. The molecule has 4 heterocycles. The molecule has 2 aromatic carbocycles. The molecule has 328 valence electrons. The fourth-order valence-electron chi connectivity index (χ4n) is 8.48. The summed E-state index contributed by atoms with van der Waals surface area (Å²) in [5.74, 6) is -6.94. The second-order valence-corrected chi connectivity index (χ2v) is 16.4. The molecule has 19 heteroatoms. The predicted octanol–water partition coefficient (Wildman–Crippen LogP) is 1.56. The van der Waals surface area contributed by atoms with Gasteiger partial charge in [-0.1, -0.05) is 13.0 Å². The number of likely N-dealkylation sites (N-methyl/N-ethyl adjacent to an activating group) is 1. The number of aryl methyl sites for hydroxylation is 1. The van der Waals surface area contributed by atoms with Crippen LogP contribution in [0.25, 0.3) is 10.9 Å². The predicted molar refractivity (Wildman–Crippen MR) is 216 cm³/mol. The third-order valence-corrected chi connectivity index (χ3v) is 11.6. The molecule has 7 amide bonds. The first-order valence-electron chi connectivity index (χ1n) is 20.3. The van der Waals surface area contributed by atoms with Gasteiger partial charge in [0.2, 0.25) is 29.5 Å². The van der Waals surface area contributed by atoms with E-state index in [2.05, 4.69) is 21.3 Å². The van der Waals surface area contributed by atoms with Crippen LogP contribution in [0.3, 0.4) is 0 Å². The third-order valence-electron chi connectivity index (χ3n) is 11.6. The fraction of sp³-hybridized carbons (Fsp3) is 0.500. The van der Waals surface area contributed by atoms with E-state index in [1.807, 2.05) is 30.8 Å². The Kier molecular flexibility index (Phi) is 13.3. The molecule has 1 aromatic heterocycles. The van der Waals surface area contributed by atoms with Crippen molar-refractivity contribution in [3.8, 4) is 0 Å². The number of nitrogens with one attached hydrogen (secondary N) is 4. The summed E-state index contributed by atoms with van der Waals surface area (Å²) in [5.41, 5.74) is 1.16. The number of esters is 1. The minimum absolute atomic E-state index is 0.00810. The number of carbonyl (C=O) groups is 7. The minimum atomic E-state index is -1.70. The second kappa shape index (κ2) is 18.2. The molecule has 0 saturated carbocycles. The summed E-state index contributed by atoms with van der Waals surface area (Å²) in [5, 5.41) is 22.0. The summed E-state index contributed by atoms with van der Waals surface area (Å²) < 4.78 is 36.5. The largest absolute Gasteiger partial charge is 0.458 e. The zero-order chi connectivity index (χ0) is 44.4. The fourth-order valence-corrected chi connectivity index (χ4v) is 8.48. The minimum Gasteiger partial charge on any atom is -0.458 e. The summed E-state index contributed by atoms with van der Waals surface area (Å²) in [4.78, 5) is 101. The smallest absolute Gasteiger partial charge is 0.329 e. The number of cyclic esters (lactones) is 1. The number of rotatable bonds is 7. The van der Waals surface area contributed by atoms with Crippen LogP contribution < -0.4 is 21.3 Å². The molecular formula is C42H52F2N8O9. The van der Waals surface area contributed by atoms with Crippen LogP contribution in [0.4, 0.5) is 19.3 Å². The number of aliphatic hydroxyl groups excluding tert-OH is 1. The number of fused-ring (bicyclic) bond motifs is 3. The molecule has 0 radical (unpaired) electrons. The Morgan fingerprint density at radius 3 is 2.33 bits per heavy atom. The van der Waals surface area contributed by atoms with E-state index in [0.29, 0.717) is 18.2 Å². The zero-order valence-electron chi connectivity index (χ0n) is 34.8. The van der Waals surface area contributed by atoms with Gasteiger partial charge in [0.05, 0.1) is 6.10 Å². The lowest BCUT2D eigenvalue weighted by molar-refractivity contribution is -0.163. The van der Waals surface area contributed by atoms with Crippen molar-refractivity contribution in [3.63, 3.8) is 0 Å². The average molecular weight is 851 g/mol. The standard InChI is InChI=1S/C42H52F2N8O9/c1-21-14-33-41(59)61-24(4)34(40(58)51-12-7-8-31(51)39(57)50(6)35(23(3)53)37(55)45-22(2)38(56)52(33)20-21)48-36(54)30(17-25-15-27(43)18-28(44)16-25)47-42(60)46-29-10-9-26-11-13-49(5)32(26)19-29/h9-11,13,15-16,18-19,21-24,30-31,33-35,53H,7-8,12,14,17,20H2,1-6H3,(H,45,55)(H,48,54)(H2,46,47,60)/t21-,22-,23-,24-,30-,31-,33-,34-,35-/m0/s1. The van der Waals surface area contributed by atoms with Crippen molar-refractivity contribution < 1.29 is 52.2 Å². The molecule has 9 atom stereocenters. The van der Waals surface area contributed by atoms with E-state index in [4.69, 9.17) is 4.74 Å². The van der Waals surface area contributed by atoms with E-state index in [9.17, 15) is 47.4 Å². The molecule has 0 unspecified atom stereocenters. The van der Waals surface area contributed by atoms with Gasteiger partial charge in [-0.05, 0) is 87.2 Å². The number of hydrogen-bond donors (Lipinski definition) is 5. The Hall–Kier alpha value is -6.11. The van der Waals surface area contributed by atoms with Crippen molar-refractivity contribution in [1.82, 2.24) is 35.2 Å². The maximum atomic E-state index is 14.7. The molecule has 5 N–H and O–H groups in total. The number of nitrogens with zero attached hydrogens (tertiary/aromatic N) is 4. The highest BCUT2D eigenvalue weighted by molar-refractivity contribution is 5.99. The van der Waals surface area contributed by atoms with Crippen molar-refractivity contribution in [2.75, 3.05) is 25.5 Å². The van der Waals surface area contributed by atoms with Gasteiger partial charge < -0.3 is 50.4 Å². The second-order valence-electron chi connectivity index (χ2n) is 16.4. The van der Waals surface area contributed by atoms with Gasteiger partial charge >= 0.3 is 12.0 Å². The van der Waals surface area contributed by atoms with E-state index in [1.165, 1.54) is 37.6 Å². The summed E-state index contributed by atoms with van der Waals surface area (Å²) in [6, 6.07) is 0.560. The van der Waals surface area contributed by atoms with Gasteiger partial charge in [0, 0.05) is 57.1 Å². The lowest BCUT2D eigenvalue weighted by Crippen LogP contribution is -2.63. The molecule has 3 fully saturated rings. The summed E-state index contributed by atoms with van der Waals surface area (Å²) in [6.07, 6.45) is -0.780. The lowest BCUT2D eigenvalue weighted by atomic mass is 10.0. The molecular weight excluding hydrogens is 799 g/mol. The molecule has 6 rings (SSSR count). The monoisotopic (exact) mass is 850 g/mol. The number of amides is 7. The number of urea groups is 1. The van der Waals surface area contributed by atoms with Gasteiger partial charge in [-0.3, -0.25) is 24.0 Å². The van der Waals surface area contributed by atoms with Crippen molar-refractivity contribution >= 4 is 58.1 Å². The van der Waals surface area contributed by atoms with Gasteiger partial charge in [0.1, 0.15) is 54.0 Å². The van der Waals surface area contributed by atoms with Crippen LogP contribution in [0.15, 0.2) is 48.7 Å². The van der Waals surface area contributed by atoms with E-state index >= 15 is 0 Å². The number of hydrogen-bond acceptors (Lipinski definition) is 9. The van der Waals surface area contributed by atoms with Gasteiger partial charge in [0.25, 0.3) is 0 Å². The Labute approximate surface area is 351 Å². The Balaban J connectivity index is 1.34. The molecule has 0 bridgehead atoms. The number of benzene rings is 2. The number of halogens is 2. The van der Waals surface area contributed by atoms with Crippen molar-refractivity contribution in [3.05, 3.63) is 65.9 Å². The third kappa shape index (κ3) is 9.77. The molecule has 17 nitrogen and oxygen atoms in total. The Bertz CT molecular complexity index is 2200. The molecule has 3 saturated heterocycles. The van der Waals surface area contributed by atoms with Crippen LogP contribution >= 0.6 is 0 Å². The van der Waals surface area contributed by atoms with E-state index < -0.39 is 108 Å². The number of ether oxygens (including phenoxy) is 1. The van der Waals surface area contributed by atoms with Crippen LogP contribution in [0.2, 0.25) is 0 Å². The number of anilines is 1. The van der Waals surface area contributed by atoms with E-state index in [0.717, 1.165) is 27.9 Å². The number of carbonyl (C=O) groups excluding carboxylic acids is 7. The number of aliphatic hydroxyl groups is 1. The topological polar surface area (TPSA) is 212 Å². The molecule has 3 aliphatic heterocycles. The van der Waals surface area contributed by atoms with Gasteiger partial charge in [0.15, 0.2) is 0 Å². The van der Waals surface area contributed by atoms with Gasteiger partial charge in [-0.25, -0.2) is 18.4 Å². The first-order chi connectivity index (χ1) is 28.8. The van der Waals surface area contributed by atoms with Crippen LogP contribution in [-0.2, 0) is 47.0 Å². The number of aromatic nitrogens is 1. The summed E-state index contributed by atoms with van der Waals surface area (Å²) >= 11 is 0. The van der Waals surface area contributed by atoms with Crippen molar-refractivity contribution in [2.45, 2.75) is 102 Å². The van der Waals surface area contributed by atoms with Crippen molar-refractivity contribution in [1.29, 1.82) is 0 Å². The first-order valence-corrected chi connectivity index (χ1v) is 20.3. The highest BCUT2D eigenvalue weighted by atomic mass is 19.1. The molecule has 0 aliphatic carbocycles. The molecule has 0 spiro atoms. The van der Waals surface area contributed by atoms with Crippen LogP contribution in [0.1, 0.15) is 52.5 Å². The van der Waals surface area contributed by atoms with Crippen LogP contribution in [0.5, 0.6) is 0 Å². The SMILES string of the molecule is C[C@H]1C[C@H]2C(=O)O[C@@H](C)[C@H](NC(=O)[C@H](Cc3cc(F)cc(F)c3)NC(=O)Nc3ccc4ccn(C)c4c3)C(=O)N3CCC[C@H]3C(=O)N(C)[C@@H]([C@H](C)O)C(=O)N[C@@H](C)C(=O)N2C1. The van der Waals surface area contributed by atoms with Crippen molar-refractivity contribution in [2.24, 2.45) is 13.0 Å². The molecule has 3 aliphatic rings. The normalized spacial score (nSPS) is 26.3. The first kappa shape index (κ1) is 44.4. The van der Waals surface area contributed by atoms with Crippen LogP contribution in [0, 0.1) is 17.6 Å². The van der Waals surface area contributed by atoms with Crippen LogP contribution in [-0.4, -0.2) is 135 Å². The average Bonchev–Trinajstić information content (AvgIpc) is 3.93. The van der Waals surface area contributed by atoms with Gasteiger partial charge in [-0.15, -0.1) is 0 Å². The molecule has 61 heavy (non-hydrogen) atoms. The summed E-state index contributed by atoms with van der Waals surface area (Å²) in [6.45, 7) is 6.07. The van der Waals surface area contributed by atoms with Gasteiger partial charge in [-0.2, -0.15) is 0 Å². The maximum Gasteiger partial charge on any atom is 0.329 e. The maximum absolute atomic E-state index is 14.7. The quantitative estimate of drug-likeness (QED) is 0.218. The Morgan fingerprint density at radius 2 is 1.64 bits per heavy atom. The highest BCUT2D eigenvalue weighted by Crippen LogP contribution is 2.28. The zero-order valence-corrected chi connectivity index (χ0v) is 34.8. The lowest BCUT2D eigenvalue weighted by Gasteiger charge is -2.37. The summed E-state index contributed by atoms with van der Waals surface area (Å²) in [7, 11) is 3.12. The van der Waals surface area contributed by atoms with E-state index in [1.54, 1.807) is 18.2 Å². The van der Waals surface area contributed by atoms with E-state index in [-0.39, 0.29) is 37.4 Å².